The van der Waals surface area contributed by atoms with Crippen molar-refractivity contribution in [3.05, 3.63) is 0 Å². The fourth-order valence-electron chi connectivity index (χ4n) is 1.19. The van der Waals surface area contributed by atoms with Gasteiger partial charge in [0.2, 0.25) is 0 Å². The molecule has 0 fully saturated rings. The molecule has 0 amide bonds. The van der Waals surface area contributed by atoms with Crippen molar-refractivity contribution in [2.24, 2.45) is 0 Å². The van der Waals surface area contributed by atoms with E-state index in [0.717, 1.165) is 19.7 Å². The third-order valence-electron chi connectivity index (χ3n) is 2.31. The fraction of sp³-hybridized carbons (Fsp3) is 1.00. The topological polar surface area (TPSA) is 0 Å². The van der Waals surface area contributed by atoms with Crippen molar-refractivity contribution in [3.63, 3.8) is 0 Å². The van der Waals surface area contributed by atoms with Crippen LogP contribution in [0.5, 0.6) is 0 Å². The second kappa shape index (κ2) is 5.95. The maximum absolute atomic E-state index is 13.9. The first kappa shape index (κ1) is 19.9. The molecule has 0 heterocycles. The molecular formula is C9H14F8I2. The Labute approximate surface area is 120 Å². The Morgan fingerprint density at radius 3 is 1.26 bits per heavy atom. The van der Waals surface area contributed by atoms with Gasteiger partial charge in [0.1, 0.15) is 0 Å². The SMILES string of the molecule is CI(C)C(F)(F)CC(F)(F)C(F)(I(C)C)C(F)(F)F. The van der Waals surface area contributed by atoms with Crippen LogP contribution in [-0.2, 0) is 0 Å². The standard InChI is InChI=1S/C9H14F8I2/c1-18(2)7(12,13)5-6(10,11)8(14,19(3)4)9(15,16)17/h5H2,1-4H3. The predicted molar refractivity (Wildman–Crippen MR) is 76.1 cm³/mol. The zero-order valence-electron chi connectivity index (χ0n) is 10.5. The van der Waals surface area contributed by atoms with Gasteiger partial charge in [0.25, 0.3) is 0 Å². The molecule has 1 unspecified atom stereocenters. The fourth-order valence-corrected chi connectivity index (χ4v) is 5.43. The van der Waals surface area contributed by atoms with E-state index in [1.807, 2.05) is 0 Å². The van der Waals surface area contributed by atoms with Crippen LogP contribution in [-0.4, -0.2) is 39.4 Å². The van der Waals surface area contributed by atoms with Gasteiger partial charge < -0.3 is 0 Å². The number of halogens is 10. The summed E-state index contributed by atoms with van der Waals surface area (Å²) in [6.07, 6.45) is -8.22. The number of hydrogen-bond acceptors (Lipinski definition) is 0. The summed E-state index contributed by atoms with van der Waals surface area (Å²) in [7, 11) is 0. The predicted octanol–water partition coefficient (Wildman–Crippen LogP) is 5.36. The Hall–Kier alpha value is 0.900. The van der Waals surface area contributed by atoms with E-state index >= 15 is 0 Å². The Bertz CT molecular complexity index is 312. The van der Waals surface area contributed by atoms with Crippen LogP contribution in [0.1, 0.15) is 6.42 Å². The summed E-state index contributed by atoms with van der Waals surface area (Å²) in [5.74, 6) is -5.11. The summed E-state index contributed by atoms with van der Waals surface area (Å²) in [6, 6.07) is 0. The van der Waals surface area contributed by atoms with E-state index in [0.29, 0.717) is 0 Å². The zero-order chi connectivity index (χ0) is 15.9. The van der Waals surface area contributed by atoms with Gasteiger partial charge in [-0.15, -0.1) is 0 Å². The van der Waals surface area contributed by atoms with Crippen LogP contribution in [0.4, 0.5) is 35.1 Å². The Morgan fingerprint density at radius 2 is 1.05 bits per heavy atom. The summed E-state index contributed by atoms with van der Waals surface area (Å²) >= 11 is -6.96. The van der Waals surface area contributed by atoms with E-state index in [4.69, 9.17) is 0 Å². The van der Waals surface area contributed by atoms with E-state index in [-0.39, 0.29) is 0 Å². The van der Waals surface area contributed by atoms with Gasteiger partial charge in [-0.3, -0.25) is 0 Å². The molecule has 0 saturated carbocycles. The molecule has 0 aliphatic carbocycles. The van der Waals surface area contributed by atoms with Crippen LogP contribution < -0.4 is 0 Å². The average molecular weight is 528 g/mol. The van der Waals surface area contributed by atoms with Crippen molar-refractivity contribution in [3.8, 4) is 0 Å². The van der Waals surface area contributed by atoms with E-state index in [9.17, 15) is 35.1 Å². The van der Waals surface area contributed by atoms with Crippen LogP contribution in [0.3, 0.4) is 0 Å². The Kier molecular flexibility index (Phi) is 6.23. The van der Waals surface area contributed by atoms with Crippen LogP contribution in [0.15, 0.2) is 0 Å². The maximum atomic E-state index is 13.9. The summed E-state index contributed by atoms with van der Waals surface area (Å²) < 4.78 is 96.6. The molecular weight excluding hydrogens is 514 g/mol. The number of alkyl halides is 14. The molecule has 0 N–H and O–H groups in total. The van der Waals surface area contributed by atoms with Crippen LogP contribution in [0, 0.1) is 0 Å². The molecule has 0 bridgehead atoms. The zero-order valence-corrected chi connectivity index (χ0v) is 14.8. The summed E-state index contributed by atoms with van der Waals surface area (Å²) in [5.41, 5.74) is 0. The molecule has 0 aliphatic rings. The normalized spacial score (nSPS) is 18.9. The Balaban J connectivity index is 5.59. The van der Waals surface area contributed by atoms with Crippen molar-refractivity contribution >= 4 is 39.6 Å². The summed E-state index contributed by atoms with van der Waals surface area (Å²) in [5, 5.41) is 0. The Morgan fingerprint density at radius 1 is 0.684 bits per heavy atom. The summed E-state index contributed by atoms with van der Waals surface area (Å²) in [6.45, 7) is 0. The first-order valence-electron chi connectivity index (χ1n) is 4.61. The van der Waals surface area contributed by atoms with E-state index < -0.39 is 65.8 Å². The van der Waals surface area contributed by atoms with Crippen LogP contribution in [0.2, 0.25) is 0 Å². The molecule has 0 aliphatic heterocycles. The van der Waals surface area contributed by atoms with E-state index in [2.05, 4.69) is 0 Å². The molecule has 0 saturated heterocycles. The van der Waals surface area contributed by atoms with Crippen molar-refractivity contribution in [1.29, 1.82) is 0 Å². The van der Waals surface area contributed by atoms with Gasteiger partial charge in [-0.05, 0) is 0 Å². The van der Waals surface area contributed by atoms with Gasteiger partial charge in [-0.1, -0.05) is 0 Å². The average Bonchev–Trinajstić information content (AvgIpc) is 2.11. The third kappa shape index (κ3) is 3.96. The molecule has 0 aromatic heterocycles. The molecule has 19 heavy (non-hydrogen) atoms. The molecule has 1 atom stereocenters. The van der Waals surface area contributed by atoms with Crippen molar-refractivity contribution in [2.45, 2.75) is 26.1 Å². The molecule has 0 aromatic carbocycles. The molecule has 10 heteroatoms. The van der Waals surface area contributed by atoms with Gasteiger partial charge >= 0.3 is 121 Å². The van der Waals surface area contributed by atoms with E-state index in [1.165, 1.54) is 0 Å². The number of rotatable bonds is 5. The van der Waals surface area contributed by atoms with Gasteiger partial charge in [0.15, 0.2) is 0 Å². The molecule has 0 rings (SSSR count). The van der Waals surface area contributed by atoms with Crippen LogP contribution >= 0.6 is 39.6 Å². The van der Waals surface area contributed by atoms with Gasteiger partial charge in [0.05, 0.1) is 0 Å². The quantitative estimate of drug-likeness (QED) is 0.256. The summed E-state index contributed by atoms with van der Waals surface area (Å²) in [4.78, 5) is 3.58. The molecule has 0 spiro atoms. The van der Waals surface area contributed by atoms with Crippen molar-refractivity contribution in [2.75, 3.05) is 19.7 Å². The first-order valence-corrected chi connectivity index (χ1v) is 15.4. The van der Waals surface area contributed by atoms with E-state index in [1.54, 1.807) is 0 Å². The van der Waals surface area contributed by atoms with Crippen molar-refractivity contribution in [1.82, 2.24) is 0 Å². The van der Waals surface area contributed by atoms with Gasteiger partial charge in [0, 0.05) is 0 Å². The first-order chi connectivity index (χ1) is 8.09. The second-order valence-electron chi connectivity index (χ2n) is 4.08. The second-order valence-corrected chi connectivity index (χ2v) is 15.8. The molecule has 0 nitrogen and oxygen atoms in total. The van der Waals surface area contributed by atoms with Gasteiger partial charge in [-0.25, -0.2) is 0 Å². The molecule has 0 aromatic rings. The third-order valence-corrected chi connectivity index (χ3v) is 10.2. The van der Waals surface area contributed by atoms with Crippen molar-refractivity contribution < 1.29 is 35.1 Å². The molecule has 0 radical (unpaired) electrons. The number of hydrogen-bond donors (Lipinski definition) is 0. The van der Waals surface area contributed by atoms with Crippen LogP contribution in [0.25, 0.3) is 0 Å². The molecule has 120 valence electrons. The minimum absolute atomic E-state index is 0.748. The minimum atomic E-state index is -5.85. The van der Waals surface area contributed by atoms with Gasteiger partial charge in [-0.2, -0.15) is 0 Å². The monoisotopic (exact) mass is 528 g/mol.